The average molecular weight is 677 g/mol. The lowest BCUT2D eigenvalue weighted by Gasteiger charge is -2.18. The van der Waals surface area contributed by atoms with Gasteiger partial charge in [0.05, 0.1) is 5.94 Å². The monoisotopic (exact) mass is 676 g/mol. The number of aryl methyl sites for hydroxylation is 2. The van der Waals surface area contributed by atoms with Gasteiger partial charge in [-0.05, 0) is 74.0 Å². The van der Waals surface area contributed by atoms with E-state index in [1.165, 1.54) is 0 Å². The molecule has 0 radical (unpaired) electrons. The van der Waals surface area contributed by atoms with Crippen molar-refractivity contribution in [2.24, 2.45) is 0 Å². The summed E-state index contributed by atoms with van der Waals surface area (Å²) in [6, 6.07) is 8.37. The summed E-state index contributed by atoms with van der Waals surface area (Å²) in [4.78, 5) is 24.3. The van der Waals surface area contributed by atoms with E-state index in [0.29, 0.717) is 25.7 Å². The summed E-state index contributed by atoms with van der Waals surface area (Å²) >= 11 is 8.37. The Morgan fingerprint density at radius 2 is 1.20 bits per heavy atom. The van der Waals surface area contributed by atoms with Gasteiger partial charge in [-0.3, -0.25) is 9.59 Å². The van der Waals surface area contributed by atoms with Gasteiger partial charge in [0.25, 0.3) is 0 Å². The van der Waals surface area contributed by atoms with Crippen LogP contribution in [-0.4, -0.2) is 65.4 Å². The number of hydrogen-bond acceptors (Lipinski definition) is 8. The molecule has 0 saturated carbocycles. The second-order valence-corrected chi connectivity index (χ2v) is 12.5. The molecule has 2 aromatic rings. The molecule has 2 atom stereocenters. The van der Waals surface area contributed by atoms with Gasteiger partial charge in [0.1, 0.15) is 19.3 Å². The Balaban J connectivity index is 1.70. The van der Waals surface area contributed by atoms with Crippen molar-refractivity contribution in [2.45, 2.75) is 115 Å². The van der Waals surface area contributed by atoms with Crippen molar-refractivity contribution in [3.05, 3.63) is 49.1 Å². The zero-order valence-corrected chi connectivity index (χ0v) is 28.9. The number of nitrogens with one attached hydrogen (secondary N) is 2. The SMILES string of the molecule is O=C(CCCCCS)NC(CCCC[n+]1ccc(-c2cc[n+](CCCCC(NC(=O)CCCCCS)B(O)O)cc2)cc1)OBO. The molecule has 0 aliphatic carbocycles. The molecule has 0 aromatic carbocycles. The van der Waals surface area contributed by atoms with Gasteiger partial charge in [-0.15, -0.1) is 0 Å². The van der Waals surface area contributed by atoms with Crippen LogP contribution in [0.1, 0.15) is 89.9 Å². The summed E-state index contributed by atoms with van der Waals surface area (Å²) in [6.07, 6.45) is 18.6. The van der Waals surface area contributed by atoms with E-state index in [1.54, 1.807) is 0 Å². The molecule has 0 spiro atoms. The Morgan fingerprint density at radius 1 is 0.717 bits per heavy atom. The number of pyridine rings is 2. The number of nitrogens with zero attached hydrogens (tertiary/aromatic N) is 2. The van der Waals surface area contributed by atoms with Crippen molar-refractivity contribution in [3.8, 4) is 11.1 Å². The van der Waals surface area contributed by atoms with Gasteiger partial charge in [0.2, 0.25) is 11.8 Å². The van der Waals surface area contributed by atoms with E-state index in [-0.39, 0.29) is 11.8 Å². The van der Waals surface area contributed by atoms with Crippen molar-refractivity contribution in [1.82, 2.24) is 10.6 Å². The fourth-order valence-corrected chi connectivity index (χ4v) is 5.59. The number of rotatable bonds is 26. The molecule has 14 heteroatoms. The zero-order chi connectivity index (χ0) is 33.4. The Kier molecular flexibility index (Phi) is 21.8. The first-order valence-electron chi connectivity index (χ1n) is 16.7. The highest BCUT2D eigenvalue weighted by molar-refractivity contribution is 7.80. The van der Waals surface area contributed by atoms with Crippen LogP contribution in [0.3, 0.4) is 0 Å². The first kappa shape index (κ1) is 40.1. The predicted octanol–water partition coefficient (Wildman–Crippen LogP) is 2.46. The van der Waals surface area contributed by atoms with E-state index >= 15 is 0 Å². The lowest BCUT2D eigenvalue weighted by molar-refractivity contribution is -0.697. The first-order valence-corrected chi connectivity index (χ1v) is 18.0. The number of aromatic nitrogens is 2. The molecule has 5 N–H and O–H groups in total. The topological polar surface area (TPSA) is 136 Å². The molecule has 46 heavy (non-hydrogen) atoms. The number of unbranched alkanes of at least 4 members (excludes halogenated alkanes) is 6. The number of thiol groups is 2. The minimum Gasteiger partial charge on any atom is -0.430 e. The second-order valence-electron chi connectivity index (χ2n) is 11.6. The quantitative estimate of drug-likeness (QED) is 0.0269. The molecule has 0 bridgehead atoms. The molecule has 10 nitrogen and oxygen atoms in total. The van der Waals surface area contributed by atoms with Crippen LogP contribution in [0.15, 0.2) is 49.1 Å². The van der Waals surface area contributed by atoms with Gasteiger partial charge in [-0.25, -0.2) is 9.13 Å². The number of amides is 2. The van der Waals surface area contributed by atoms with Gasteiger partial charge >= 0.3 is 14.8 Å². The van der Waals surface area contributed by atoms with Crippen molar-refractivity contribution in [3.63, 3.8) is 0 Å². The largest absolute Gasteiger partial charge is 0.475 e. The molecule has 2 aromatic heterocycles. The zero-order valence-electron chi connectivity index (χ0n) is 27.1. The maximum Gasteiger partial charge on any atom is 0.475 e. The van der Waals surface area contributed by atoms with Crippen LogP contribution in [0.2, 0.25) is 0 Å². The van der Waals surface area contributed by atoms with Crippen LogP contribution in [0, 0.1) is 0 Å². The highest BCUT2D eigenvalue weighted by Gasteiger charge is 2.24. The maximum absolute atomic E-state index is 12.2. The molecule has 0 aliphatic heterocycles. The van der Waals surface area contributed by atoms with E-state index < -0.39 is 27.0 Å². The number of hydrogen-bond donors (Lipinski definition) is 7. The average Bonchev–Trinajstić information content (AvgIpc) is 3.05. The van der Waals surface area contributed by atoms with E-state index in [4.69, 9.17) is 4.65 Å². The predicted molar refractivity (Wildman–Crippen MR) is 189 cm³/mol. The fourth-order valence-electron chi connectivity index (χ4n) is 5.14. The Bertz CT molecular complexity index is 1100. The molecule has 2 unspecified atom stereocenters. The smallest absolute Gasteiger partial charge is 0.430 e. The van der Waals surface area contributed by atoms with E-state index in [2.05, 4.69) is 81.7 Å². The Labute approximate surface area is 287 Å². The molecule has 2 amide bonds. The third-order valence-corrected chi connectivity index (χ3v) is 8.49. The molecule has 0 fully saturated rings. The summed E-state index contributed by atoms with van der Waals surface area (Å²) in [7, 11) is -1.99. The second kappa shape index (κ2) is 25.0. The summed E-state index contributed by atoms with van der Waals surface area (Å²) in [5.41, 5.74) is 2.24. The first-order chi connectivity index (χ1) is 22.4. The van der Waals surface area contributed by atoms with Crippen LogP contribution in [0.25, 0.3) is 11.1 Å². The molecule has 2 heterocycles. The summed E-state index contributed by atoms with van der Waals surface area (Å²) in [6.45, 7) is 1.64. The van der Waals surface area contributed by atoms with Crippen molar-refractivity contribution < 1.29 is 38.4 Å². The minimum absolute atomic E-state index is 0.0466. The highest BCUT2D eigenvalue weighted by atomic mass is 32.1. The van der Waals surface area contributed by atoms with E-state index in [9.17, 15) is 24.7 Å². The van der Waals surface area contributed by atoms with Crippen LogP contribution in [0.4, 0.5) is 0 Å². The van der Waals surface area contributed by atoms with Gasteiger partial charge in [-0.1, -0.05) is 12.8 Å². The van der Waals surface area contributed by atoms with Crippen LogP contribution >= 0.6 is 25.3 Å². The molecule has 2 rings (SSSR count). The van der Waals surface area contributed by atoms with Gasteiger partial charge in [-0.2, -0.15) is 25.3 Å². The molecular formula is C32H54B2N4O6S2+2. The normalized spacial score (nSPS) is 12.4. The third kappa shape index (κ3) is 17.7. The lowest BCUT2D eigenvalue weighted by atomic mass is 9.76. The molecule has 254 valence electrons. The Morgan fingerprint density at radius 3 is 1.65 bits per heavy atom. The molecular weight excluding hydrogens is 622 g/mol. The maximum atomic E-state index is 12.2. The minimum atomic E-state index is -1.57. The number of carbonyl (C=O) groups excluding carboxylic acids is 2. The summed E-state index contributed by atoms with van der Waals surface area (Å²) < 4.78 is 9.55. The van der Waals surface area contributed by atoms with Gasteiger partial charge < -0.3 is 30.4 Å². The van der Waals surface area contributed by atoms with Gasteiger partial charge in [0.15, 0.2) is 24.8 Å². The lowest BCUT2D eigenvalue weighted by Crippen LogP contribution is -2.46. The molecule has 0 aliphatic rings. The standard InChI is InChI=1S/C32H52B2N4O6S2/c39-30(12-3-1-9-25-45)35-29(34(42)43)11-5-7-19-37-21-15-27(16-22-37)28-17-23-38(24-18-28)20-8-6-14-32(44-33-41)36-31(40)13-4-2-10-26-46/h15-18,21-24,29,32-33,41-43H,1-14,19-20,25-26H2,(H2-2,35,36,39,40,45,46)/p+2. The van der Waals surface area contributed by atoms with Crippen molar-refractivity contribution >= 4 is 51.9 Å². The van der Waals surface area contributed by atoms with E-state index in [1.807, 2.05) is 12.4 Å². The van der Waals surface area contributed by atoms with Crippen LogP contribution in [-0.2, 0) is 27.3 Å². The Hall–Kier alpha value is -2.09. The summed E-state index contributed by atoms with van der Waals surface area (Å²) in [5, 5.41) is 34.2. The van der Waals surface area contributed by atoms with Crippen molar-refractivity contribution in [2.75, 3.05) is 11.5 Å². The van der Waals surface area contributed by atoms with Crippen LogP contribution < -0.4 is 19.8 Å². The summed E-state index contributed by atoms with van der Waals surface area (Å²) in [5.74, 6) is 0.797. The highest BCUT2D eigenvalue weighted by Crippen LogP contribution is 2.16. The van der Waals surface area contributed by atoms with Crippen molar-refractivity contribution in [1.29, 1.82) is 0 Å². The fraction of sp³-hybridized carbons (Fsp3) is 0.625. The third-order valence-electron chi connectivity index (χ3n) is 7.86. The molecule has 0 saturated heterocycles. The van der Waals surface area contributed by atoms with Crippen LogP contribution in [0.5, 0.6) is 0 Å². The number of carbonyl (C=O) groups is 2. The van der Waals surface area contributed by atoms with E-state index in [0.717, 1.165) is 99.9 Å². The van der Waals surface area contributed by atoms with Gasteiger partial charge in [0, 0.05) is 49.9 Å².